The summed E-state index contributed by atoms with van der Waals surface area (Å²) in [6.45, 7) is 10.2. The van der Waals surface area contributed by atoms with E-state index in [1.54, 1.807) is 76.2 Å². The topological polar surface area (TPSA) is 366 Å². The number of nitrogens with two attached hydrogens (primary N) is 1. The van der Waals surface area contributed by atoms with Gasteiger partial charge in [-0.1, -0.05) is 74.7 Å². The fraction of sp³-hybridized carbons (Fsp3) is 0.554. The van der Waals surface area contributed by atoms with Gasteiger partial charge in [0.1, 0.15) is 59.4 Å². The van der Waals surface area contributed by atoms with Crippen molar-refractivity contribution >= 4 is 88.5 Å². The van der Waals surface area contributed by atoms with Crippen molar-refractivity contribution in [3.8, 4) is 5.75 Å². The molecule has 4 aliphatic heterocycles. The second-order valence-electron chi connectivity index (χ2n) is 24.6. The number of unbranched alkanes of at least 4 members (excludes halogenated alkanes) is 2. The van der Waals surface area contributed by atoms with Gasteiger partial charge in [0.15, 0.2) is 5.72 Å². The number of primary amides is 1. The van der Waals surface area contributed by atoms with E-state index in [-0.39, 0.29) is 81.1 Å². The summed E-state index contributed by atoms with van der Waals surface area (Å²) in [5.41, 5.74) is 4.74. The molecule has 0 aliphatic carbocycles. The highest BCUT2D eigenvalue weighted by Crippen LogP contribution is 2.49. The maximum absolute atomic E-state index is 14.5. The van der Waals surface area contributed by atoms with Crippen LogP contribution in [-0.4, -0.2) is 194 Å². The monoisotopic (exact) mass is 1330 g/mol. The number of carbonyl (C=O) groups is 11. The number of likely N-dealkylation sites (N-methyl/N-ethyl adjacent to an activating group) is 1. The molecule has 0 unspecified atom stereocenters. The van der Waals surface area contributed by atoms with Gasteiger partial charge in [-0.2, -0.15) is 0 Å². The minimum atomic E-state index is -1.91. The number of ether oxygens (including phenoxy) is 6. The quantitative estimate of drug-likeness (QED) is 0.0221. The van der Waals surface area contributed by atoms with Gasteiger partial charge >= 0.3 is 24.2 Å². The molecule has 514 valence electrons. The van der Waals surface area contributed by atoms with E-state index in [0.717, 1.165) is 20.9 Å². The van der Waals surface area contributed by atoms with E-state index >= 15 is 0 Å². The minimum absolute atomic E-state index is 0.0780. The van der Waals surface area contributed by atoms with Gasteiger partial charge in [-0.15, -0.1) is 0 Å². The lowest BCUT2D eigenvalue weighted by Gasteiger charge is -2.42. The van der Waals surface area contributed by atoms with Crippen LogP contribution in [0.2, 0.25) is 5.02 Å². The molecule has 28 nitrogen and oxygen atoms in total. The van der Waals surface area contributed by atoms with Crippen molar-refractivity contribution in [3.63, 3.8) is 0 Å². The number of epoxide rings is 1. The fourth-order valence-electron chi connectivity index (χ4n) is 11.1. The molecule has 2 aromatic carbocycles. The van der Waals surface area contributed by atoms with Gasteiger partial charge < -0.3 is 75.2 Å². The summed E-state index contributed by atoms with van der Waals surface area (Å²) in [4.78, 5) is 149. The van der Waals surface area contributed by atoms with Gasteiger partial charge in [-0.05, 0) is 94.2 Å². The zero-order valence-corrected chi connectivity index (χ0v) is 55.8. The number of methoxy groups -OCH3 is 2. The summed E-state index contributed by atoms with van der Waals surface area (Å²) < 4.78 is 35.0. The molecule has 4 heterocycles. The summed E-state index contributed by atoms with van der Waals surface area (Å²) in [7, 11) is 7.19. The van der Waals surface area contributed by atoms with E-state index in [2.05, 4.69) is 26.6 Å². The second kappa shape index (κ2) is 33.5. The summed E-state index contributed by atoms with van der Waals surface area (Å²) in [6, 6.07) is 5.70. The standard InChI is InChI=1S/C65H89ClN10O18/c1-37(2)56(71-50(77)20-13-12-14-29-76-52(79)25-26-53(76)80)59(83)70-44(18-16-28-68-61(67)85)58(82)69-43-23-21-41(22-24-43)36-91-63(87)73(7)30-27-51(78)74(8)40(5)60(84)93-49-34-54(81)75(9)45-32-42(33-46(89-10)55(45)66)31-38(3)17-15-19-48(90-11)65(88)35-47(92-62(86)72-65)39(4)57-64(49,6)94-57/h15,17,19,21-26,32-33,37,39-40,44,47-49,56-57,88H,12-14,16,18,20,27-31,34-36H2,1-11H3,(H,69,82)(H,70,83)(H,71,77)(H,72,86)(H3,67,68,85)/b19-15+,38-17+/t39-,40+,44+,47+,48-,49+,56+,57+,64+,65+/m1/s1. The van der Waals surface area contributed by atoms with Crippen molar-refractivity contribution in [2.75, 3.05) is 65.2 Å². The van der Waals surface area contributed by atoms with E-state index in [0.29, 0.717) is 48.4 Å². The first-order valence-corrected chi connectivity index (χ1v) is 31.6. The number of carbonyl (C=O) groups excluding carboxylic acids is 11. The molecule has 0 spiro atoms. The van der Waals surface area contributed by atoms with Crippen LogP contribution in [0, 0.1) is 11.8 Å². The number of nitrogens with one attached hydrogen (secondary N) is 5. The second-order valence-corrected chi connectivity index (χ2v) is 24.9. The Labute approximate surface area is 551 Å². The van der Waals surface area contributed by atoms with Crippen LogP contribution in [0.1, 0.15) is 110 Å². The number of rotatable bonds is 26. The van der Waals surface area contributed by atoms with Crippen molar-refractivity contribution in [1.82, 2.24) is 36.0 Å². The molecular weight excluding hydrogens is 1240 g/mol. The number of hydrogen-bond acceptors (Lipinski definition) is 18. The summed E-state index contributed by atoms with van der Waals surface area (Å²) in [6.07, 6.45) is 3.34. The maximum Gasteiger partial charge on any atom is 0.409 e. The lowest BCUT2D eigenvalue weighted by atomic mass is 9.83. The third-order valence-corrected chi connectivity index (χ3v) is 17.5. The van der Waals surface area contributed by atoms with Gasteiger partial charge in [0, 0.05) is 90.9 Å². The Balaban J connectivity index is 1.03. The Morgan fingerprint density at radius 1 is 0.936 bits per heavy atom. The van der Waals surface area contributed by atoms with Gasteiger partial charge in [0.25, 0.3) is 11.8 Å². The molecule has 6 rings (SSSR count). The predicted molar refractivity (Wildman–Crippen MR) is 343 cm³/mol. The van der Waals surface area contributed by atoms with Crippen LogP contribution in [0.25, 0.3) is 0 Å². The highest BCUT2D eigenvalue weighted by Gasteiger charge is 2.64. The number of nitrogens with zero attached hydrogens (tertiary/aromatic N) is 4. The zero-order chi connectivity index (χ0) is 69.4. The van der Waals surface area contributed by atoms with E-state index in [9.17, 15) is 57.8 Å². The number of alkyl carbamates (subject to hydrolysis) is 1. The van der Waals surface area contributed by atoms with Crippen molar-refractivity contribution in [3.05, 3.63) is 88.5 Å². The van der Waals surface area contributed by atoms with Crippen LogP contribution < -0.4 is 42.0 Å². The van der Waals surface area contributed by atoms with Gasteiger partial charge in [-0.3, -0.25) is 43.8 Å². The van der Waals surface area contributed by atoms with Gasteiger partial charge in [-0.25, -0.2) is 19.2 Å². The normalized spacial score (nSPS) is 23.8. The van der Waals surface area contributed by atoms with Crippen molar-refractivity contribution in [2.45, 2.75) is 166 Å². The van der Waals surface area contributed by atoms with Crippen LogP contribution in [0.5, 0.6) is 5.75 Å². The molecule has 11 amide bonds. The highest BCUT2D eigenvalue weighted by atomic mass is 35.5. The zero-order valence-electron chi connectivity index (χ0n) is 55.1. The van der Waals surface area contributed by atoms with Crippen LogP contribution in [0.4, 0.5) is 25.8 Å². The number of anilines is 2. The van der Waals surface area contributed by atoms with Crippen molar-refractivity contribution in [2.24, 2.45) is 17.6 Å². The number of imide groups is 1. The SMILES string of the molecule is COc1cc2cc(c1Cl)N(C)C(=O)C[C@H](OC(=O)[C@H](C)N(C)C(=O)CCN(C)C(=O)OCc1ccc(NC(=O)[C@H](CCCNC(N)=O)NC(=O)[C@@H](NC(=O)CCCCCN3C(=O)C=CC3=O)C(C)C)cc1)[C@]1(C)O[C@H]1[C@H](C)[C@@H]1C[C@@](O)(NC(=O)O1)[C@H](OC)/C=C/C=C(\C)C2. The maximum atomic E-state index is 14.5. The van der Waals surface area contributed by atoms with Gasteiger partial charge in [0.2, 0.25) is 29.5 Å². The Kier molecular flexibility index (Phi) is 26.5. The number of fused-ring (bicyclic) bond motifs is 5. The molecule has 4 aliphatic rings. The average molecular weight is 1330 g/mol. The molecule has 2 aromatic rings. The fourth-order valence-corrected chi connectivity index (χ4v) is 11.4. The van der Waals surface area contributed by atoms with Crippen LogP contribution >= 0.6 is 11.6 Å². The Morgan fingerprint density at radius 2 is 1.63 bits per heavy atom. The van der Waals surface area contributed by atoms with E-state index < -0.39 is 120 Å². The molecule has 0 aromatic heterocycles. The molecule has 0 radical (unpaired) electrons. The molecule has 10 atom stereocenters. The number of benzene rings is 2. The summed E-state index contributed by atoms with van der Waals surface area (Å²) >= 11 is 6.84. The lowest BCUT2D eigenvalue weighted by molar-refractivity contribution is -0.162. The smallest absolute Gasteiger partial charge is 0.409 e. The molecule has 2 saturated heterocycles. The number of hydrogen-bond donors (Lipinski definition) is 7. The molecule has 2 fully saturated rings. The molecule has 8 N–H and O–H groups in total. The highest BCUT2D eigenvalue weighted by molar-refractivity contribution is 6.35. The number of urea groups is 1. The Hall–Kier alpha value is -8.60. The number of allylic oxidation sites excluding steroid dienone is 3. The van der Waals surface area contributed by atoms with E-state index in [1.165, 1.54) is 64.2 Å². The molecule has 94 heavy (non-hydrogen) atoms. The summed E-state index contributed by atoms with van der Waals surface area (Å²) in [5, 5.41) is 25.3. The van der Waals surface area contributed by atoms with Crippen LogP contribution in [0.3, 0.4) is 0 Å². The lowest BCUT2D eigenvalue weighted by Crippen LogP contribution is -2.63. The molecule has 29 heteroatoms. The largest absolute Gasteiger partial charge is 0.495 e. The van der Waals surface area contributed by atoms with E-state index in [4.69, 9.17) is 45.8 Å². The third kappa shape index (κ3) is 20.0. The minimum Gasteiger partial charge on any atom is -0.495 e. The van der Waals surface area contributed by atoms with Crippen LogP contribution in [-0.2, 0) is 75.1 Å². The average Bonchev–Trinajstić information content (AvgIpc) is 1.58. The number of amides is 11. The molecule has 0 saturated carbocycles. The molecular formula is C65H89ClN10O18. The predicted octanol–water partition coefficient (Wildman–Crippen LogP) is 4.67. The Morgan fingerprint density at radius 3 is 2.28 bits per heavy atom. The molecule has 4 bridgehead atoms. The van der Waals surface area contributed by atoms with Crippen molar-refractivity contribution < 1.29 is 86.3 Å². The number of halogens is 1. The number of aliphatic hydroxyl groups is 1. The third-order valence-electron chi connectivity index (χ3n) is 17.1. The Bertz CT molecular complexity index is 3220. The first-order valence-electron chi connectivity index (χ1n) is 31.2. The van der Waals surface area contributed by atoms with Crippen molar-refractivity contribution in [1.29, 1.82) is 0 Å². The number of esters is 1. The van der Waals surface area contributed by atoms with Crippen LogP contribution in [0.15, 0.2) is 72.4 Å². The van der Waals surface area contributed by atoms with Gasteiger partial charge in [0.05, 0.1) is 25.3 Å². The van der Waals surface area contributed by atoms with E-state index in [1.807, 2.05) is 13.0 Å². The summed E-state index contributed by atoms with van der Waals surface area (Å²) in [5.74, 6) is -5.03. The first kappa shape index (κ1) is 74.4. The first-order chi connectivity index (χ1) is 44.4.